The summed E-state index contributed by atoms with van der Waals surface area (Å²) < 4.78 is 11.3. The molecule has 0 atom stereocenters. The minimum Gasteiger partial charge on any atom is -0.497 e. The molecule has 0 aliphatic rings. The van der Waals surface area contributed by atoms with Gasteiger partial charge in [0.05, 0.1) is 12.7 Å². The fourth-order valence-electron chi connectivity index (χ4n) is 2.95. The molecule has 0 spiro atoms. The van der Waals surface area contributed by atoms with Gasteiger partial charge in [-0.05, 0) is 35.9 Å². The monoisotopic (exact) mass is 343 g/mol. The molecule has 0 saturated heterocycles. The molecule has 4 heteroatoms. The highest BCUT2D eigenvalue weighted by atomic mass is 16.5. The van der Waals surface area contributed by atoms with Crippen LogP contribution in [0.4, 0.5) is 5.88 Å². The number of rotatable bonds is 4. The van der Waals surface area contributed by atoms with Crippen LogP contribution in [0.3, 0.4) is 0 Å². The summed E-state index contributed by atoms with van der Waals surface area (Å²) in [4.78, 5) is 12.6. The van der Waals surface area contributed by atoms with Gasteiger partial charge in [-0.3, -0.25) is 10.1 Å². The van der Waals surface area contributed by atoms with Gasteiger partial charge in [-0.15, -0.1) is 0 Å². The lowest BCUT2D eigenvalue weighted by Gasteiger charge is -2.06. The molecule has 128 valence electrons. The number of fused-ring (bicyclic) bond motifs is 1. The van der Waals surface area contributed by atoms with Crippen molar-refractivity contribution in [3.05, 3.63) is 84.4 Å². The third-order valence-electron chi connectivity index (χ3n) is 4.22. The standard InChI is InChI=1S/C22H17NO3/c1-25-17-12-13-19-18(14-17)20(15-8-4-2-5-9-15)22(26-19)23-21(24)16-10-6-3-7-11-16/h2-14H,1H3,(H,23,24). The molecule has 4 nitrogen and oxygen atoms in total. The number of carbonyl (C=O) groups is 1. The summed E-state index contributed by atoms with van der Waals surface area (Å²) in [6.07, 6.45) is 0. The summed E-state index contributed by atoms with van der Waals surface area (Å²) >= 11 is 0. The Kier molecular flexibility index (Phi) is 4.15. The third-order valence-corrected chi connectivity index (χ3v) is 4.22. The van der Waals surface area contributed by atoms with Gasteiger partial charge in [-0.25, -0.2) is 0 Å². The number of hydrogen-bond acceptors (Lipinski definition) is 3. The van der Waals surface area contributed by atoms with Crippen molar-refractivity contribution in [1.82, 2.24) is 0 Å². The van der Waals surface area contributed by atoms with E-state index in [1.165, 1.54) is 0 Å². The fraction of sp³-hybridized carbons (Fsp3) is 0.0455. The van der Waals surface area contributed by atoms with E-state index in [-0.39, 0.29) is 5.91 Å². The quantitative estimate of drug-likeness (QED) is 0.542. The molecular weight excluding hydrogens is 326 g/mol. The Morgan fingerprint density at radius 1 is 0.923 bits per heavy atom. The molecule has 4 aromatic rings. The molecule has 0 bridgehead atoms. The van der Waals surface area contributed by atoms with E-state index in [1.54, 1.807) is 19.2 Å². The van der Waals surface area contributed by atoms with Crippen molar-refractivity contribution in [2.75, 3.05) is 12.4 Å². The first-order chi connectivity index (χ1) is 12.8. The number of anilines is 1. The zero-order valence-corrected chi connectivity index (χ0v) is 14.2. The summed E-state index contributed by atoms with van der Waals surface area (Å²) in [6, 6.07) is 24.5. The maximum absolute atomic E-state index is 12.6. The van der Waals surface area contributed by atoms with Crippen LogP contribution in [0.2, 0.25) is 0 Å². The number of amides is 1. The van der Waals surface area contributed by atoms with Crippen LogP contribution in [-0.2, 0) is 0 Å². The summed E-state index contributed by atoms with van der Waals surface area (Å²) in [7, 11) is 1.63. The molecule has 1 N–H and O–H groups in total. The van der Waals surface area contributed by atoms with Crippen molar-refractivity contribution in [2.24, 2.45) is 0 Å². The van der Waals surface area contributed by atoms with Crippen LogP contribution in [0, 0.1) is 0 Å². The van der Waals surface area contributed by atoms with E-state index < -0.39 is 0 Å². The van der Waals surface area contributed by atoms with Crippen LogP contribution in [0.25, 0.3) is 22.1 Å². The van der Waals surface area contributed by atoms with E-state index >= 15 is 0 Å². The summed E-state index contributed by atoms with van der Waals surface area (Å²) in [6.45, 7) is 0. The van der Waals surface area contributed by atoms with Gasteiger partial charge in [0.15, 0.2) is 0 Å². The fourth-order valence-corrected chi connectivity index (χ4v) is 2.95. The van der Waals surface area contributed by atoms with Crippen LogP contribution in [0.15, 0.2) is 83.3 Å². The second-order valence-corrected chi connectivity index (χ2v) is 5.85. The average Bonchev–Trinajstić information content (AvgIpc) is 3.06. The highest BCUT2D eigenvalue weighted by molar-refractivity contribution is 6.09. The molecule has 0 unspecified atom stereocenters. The van der Waals surface area contributed by atoms with Crippen molar-refractivity contribution in [1.29, 1.82) is 0 Å². The minimum absolute atomic E-state index is 0.214. The Hall–Kier alpha value is -3.53. The summed E-state index contributed by atoms with van der Waals surface area (Å²) in [5, 5.41) is 3.79. The Balaban J connectivity index is 1.84. The molecule has 3 aromatic carbocycles. The number of hydrogen-bond donors (Lipinski definition) is 1. The Labute approximate surface area is 151 Å². The highest BCUT2D eigenvalue weighted by Crippen LogP contribution is 2.40. The topological polar surface area (TPSA) is 51.5 Å². The van der Waals surface area contributed by atoms with E-state index in [1.807, 2.05) is 66.7 Å². The smallest absolute Gasteiger partial charge is 0.257 e. The summed E-state index contributed by atoms with van der Waals surface area (Å²) in [5.41, 5.74) is 3.06. The molecule has 1 aromatic heterocycles. The van der Waals surface area contributed by atoms with Gasteiger partial charge in [0.25, 0.3) is 5.91 Å². The first-order valence-electron chi connectivity index (χ1n) is 8.28. The predicted molar refractivity (Wildman–Crippen MR) is 103 cm³/mol. The van der Waals surface area contributed by atoms with Gasteiger partial charge in [0.1, 0.15) is 11.3 Å². The van der Waals surface area contributed by atoms with E-state index in [0.29, 0.717) is 17.0 Å². The average molecular weight is 343 g/mol. The lowest BCUT2D eigenvalue weighted by molar-refractivity contribution is 0.102. The van der Waals surface area contributed by atoms with Crippen molar-refractivity contribution in [3.63, 3.8) is 0 Å². The van der Waals surface area contributed by atoms with Crippen molar-refractivity contribution >= 4 is 22.8 Å². The SMILES string of the molecule is COc1ccc2oc(NC(=O)c3ccccc3)c(-c3ccccc3)c2c1. The number of benzene rings is 3. The Morgan fingerprint density at radius 2 is 1.62 bits per heavy atom. The maximum atomic E-state index is 12.6. The molecule has 0 aliphatic heterocycles. The molecule has 0 saturated carbocycles. The number of ether oxygens (including phenoxy) is 1. The number of carbonyl (C=O) groups excluding carboxylic acids is 1. The van der Waals surface area contributed by atoms with Gasteiger partial charge in [0, 0.05) is 10.9 Å². The lowest BCUT2D eigenvalue weighted by Crippen LogP contribution is -2.11. The molecule has 26 heavy (non-hydrogen) atoms. The second kappa shape index (κ2) is 6.76. The molecular formula is C22H17NO3. The normalized spacial score (nSPS) is 10.7. The number of furan rings is 1. The van der Waals surface area contributed by atoms with Gasteiger partial charge < -0.3 is 9.15 Å². The van der Waals surface area contributed by atoms with Crippen molar-refractivity contribution in [2.45, 2.75) is 0 Å². The first-order valence-corrected chi connectivity index (χ1v) is 8.28. The summed E-state index contributed by atoms with van der Waals surface area (Å²) in [5.74, 6) is 0.943. The molecule has 1 heterocycles. The number of nitrogens with one attached hydrogen (secondary N) is 1. The largest absolute Gasteiger partial charge is 0.497 e. The Morgan fingerprint density at radius 3 is 2.31 bits per heavy atom. The van der Waals surface area contributed by atoms with E-state index in [9.17, 15) is 4.79 Å². The third kappa shape index (κ3) is 2.93. The lowest BCUT2D eigenvalue weighted by atomic mass is 10.0. The van der Waals surface area contributed by atoms with Crippen LogP contribution < -0.4 is 10.1 Å². The van der Waals surface area contributed by atoms with Crippen LogP contribution >= 0.6 is 0 Å². The zero-order chi connectivity index (χ0) is 17.9. The van der Waals surface area contributed by atoms with Crippen LogP contribution in [-0.4, -0.2) is 13.0 Å². The van der Waals surface area contributed by atoms with Gasteiger partial charge in [-0.2, -0.15) is 0 Å². The molecule has 0 fully saturated rings. The first kappa shape index (κ1) is 16.0. The van der Waals surface area contributed by atoms with E-state index in [0.717, 1.165) is 22.3 Å². The van der Waals surface area contributed by atoms with Gasteiger partial charge in [-0.1, -0.05) is 48.5 Å². The Bertz CT molecular complexity index is 1050. The molecule has 0 aliphatic carbocycles. The van der Waals surface area contributed by atoms with E-state index in [2.05, 4.69) is 5.32 Å². The zero-order valence-electron chi connectivity index (χ0n) is 14.2. The minimum atomic E-state index is -0.214. The molecule has 1 amide bonds. The number of methoxy groups -OCH3 is 1. The van der Waals surface area contributed by atoms with Crippen LogP contribution in [0.1, 0.15) is 10.4 Å². The van der Waals surface area contributed by atoms with Crippen LogP contribution in [0.5, 0.6) is 5.75 Å². The predicted octanol–water partition coefficient (Wildman–Crippen LogP) is 5.36. The van der Waals surface area contributed by atoms with Crippen molar-refractivity contribution in [3.8, 4) is 16.9 Å². The molecule has 4 rings (SSSR count). The second-order valence-electron chi connectivity index (χ2n) is 5.85. The van der Waals surface area contributed by atoms with Gasteiger partial charge in [0.2, 0.25) is 5.88 Å². The molecule has 0 radical (unpaired) electrons. The highest BCUT2D eigenvalue weighted by Gasteiger charge is 2.19. The maximum Gasteiger partial charge on any atom is 0.257 e. The van der Waals surface area contributed by atoms with Gasteiger partial charge >= 0.3 is 0 Å². The van der Waals surface area contributed by atoms with E-state index in [4.69, 9.17) is 9.15 Å². The van der Waals surface area contributed by atoms with Crippen molar-refractivity contribution < 1.29 is 13.9 Å².